The average molecular weight is 521 g/mol. The number of H-pyrrole nitrogens is 1. The van der Waals surface area contributed by atoms with Gasteiger partial charge in [0.2, 0.25) is 0 Å². The third kappa shape index (κ3) is 5.56. The molecule has 1 fully saturated rings. The van der Waals surface area contributed by atoms with Crippen molar-refractivity contribution >= 4 is 22.5 Å². The van der Waals surface area contributed by atoms with Gasteiger partial charge >= 0.3 is 0 Å². The highest BCUT2D eigenvalue weighted by molar-refractivity contribution is 6.11. The van der Waals surface area contributed by atoms with E-state index < -0.39 is 0 Å². The van der Waals surface area contributed by atoms with Gasteiger partial charge in [-0.25, -0.2) is 4.39 Å². The lowest BCUT2D eigenvalue weighted by Crippen LogP contribution is -2.24. The van der Waals surface area contributed by atoms with E-state index in [9.17, 15) is 9.18 Å². The maximum Gasteiger partial charge on any atom is 0.276 e. The third-order valence-electron chi connectivity index (χ3n) is 7.18. The summed E-state index contributed by atoms with van der Waals surface area (Å²) < 4.78 is 14.1. The monoisotopic (exact) mass is 520 g/mol. The Morgan fingerprint density at radius 1 is 0.923 bits per heavy atom. The van der Waals surface area contributed by atoms with E-state index in [0.29, 0.717) is 22.6 Å². The normalized spacial score (nSPS) is 14.3. The number of hydrogen-bond acceptors (Lipinski definition) is 5. The predicted octanol–water partition coefficient (Wildman–Crippen LogP) is 6.45. The number of nitrogens with zero attached hydrogens (tertiary/aromatic N) is 4. The summed E-state index contributed by atoms with van der Waals surface area (Å²) in [6, 6.07) is 17.9. The number of fused-ring (bicyclic) bond motifs is 1. The van der Waals surface area contributed by atoms with Gasteiger partial charge in [-0.3, -0.25) is 24.8 Å². The number of aromatic amines is 1. The molecule has 196 valence electrons. The number of rotatable bonds is 6. The maximum absolute atomic E-state index is 14.1. The molecule has 0 spiro atoms. The highest BCUT2D eigenvalue weighted by Crippen LogP contribution is 2.27. The van der Waals surface area contributed by atoms with E-state index >= 15 is 0 Å². The van der Waals surface area contributed by atoms with E-state index in [-0.39, 0.29) is 11.7 Å². The van der Waals surface area contributed by atoms with E-state index in [1.54, 1.807) is 30.3 Å². The molecule has 1 amide bonds. The van der Waals surface area contributed by atoms with Crippen molar-refractivity contribution in [2.75, 3.05) is 18.4 Å². The number of anilines is 1. The topological polar surface area (TPSA) is 86.8 Å². The first-order chi connectivity index (χ1) is 19.1. The number of likely N-dealkylation sites (tertiary alicyclic amines) is 1. The van der Waals surface area contributed by atoms with Crippen molar-refractivity contribution in [1.82, 2.24) is 25.1 Å². The molecule has 8 heteroatoms. The molecule has 0 unspecified atom stereocenters. The standard InChI is InChI=1S/C31H29FN6O/c32-27-8-4-3-7-25(27)28-12-10-24(19-34-28)35-31(39)30-26-16-22(9-11-29(26)36-37-30)23-15-21(17-33-18-23)20-38-13-5-1-2-6-14-38/h3-4,7-12,15-19H,1-2,5-6,13-14,20H2,(H,35,39)(H,36,37). The lowest BCUT2D eigenvalue weighted by Gasteiger charge is -2.19. The molecule has 0 radical (unpaired) electrons. The minimum atomic E-state index is -0.355. The van der Waals surface area contributed by atoms with Gasteiger partial charge < -0.3 is 5.32 Å². The van der Waals surface area contributed by atoms with Gasteiger partial charge in [0.1, 0.15) is 5.82 Å². The van der Waals surface area contributed by atoms with E-state index in [4.69, 9.17) is 0 Å². The van der Waals surface area contributed by atoms with Crippen LogP contribution in [-0.2, 0) is 6.54 Å². The van der Waals surface area contributed by atoms with Crippen LogP contribution in [0, 0.1) is 5.82 Å². The third-order valence-corrected chi connectivity index (χ3v) is 7.18. The molecule has 4 heterocycles. The second kappa shape index (κ2) is 11.1. The first-order valence-corrected chi connectivity index (χ1v) is 13.3. The van der Waals surface area contributed by atoms with E-state index in [1.165, 1.54) is 43.5 Å². The van der Waals surface area contributed by atoms with Crippen molar-refractivity contribution in [3.05, 3.63) is 96.3 Å². The van der Waals surface area contributed by atoms with Crippen molar-refractivity contribution in [2.45, 2.75) is 32.2 Å². The molecule has 2 N–H and O–H groups in total. The van der Waals surface area contributed by atoms with Gasteiger partial charge in [-0.05, 0) is 79.5 Å². The fourth-order valence-electron chi connectivity index (χ4n) is 5.14. The van der Waals surface area contributed by atoms with E-state index in [1.807, 2.05) is 30.6 Å². The molecule has 3 aromatic heterocycles. The molecule has 0 saturated carbocycles. The zero-order valence-electron chi connectivity index (χ0n) is 21.5. The highest BCUT2D eigenvalue weighted by atomic mass is 19.1. The van der Waals surface area contributed by atoms with Crippen LogP contribution in [0.3, 0.4) is 0 Å². The molecule has 5 aromatic rings. The number of carbonyl (C=O) groups is 1. The van der Waals surface area contributed by atoms with Gasteiger partial charge in [-0.2, -0.15) is 5.10 Å². The summed E-state index contributed by atoms with van der Waals surface area (Å²) >= 11 is 0. The Morgan fingerprint density at radius 3 is 2.56 bits per heavy atom. The van der Waals surface area contributed by atoms with Crippen molar-refractivity contribution in [3.63, 3.8) is 0 Å². The van der Waals surface area contributed by atoms with Crippen molar-refractivity contribution in [2.24, 2.45) is 0 Å². The Bertz CT molecular complexity index is 1610. The molecule has 1 aliphatic heterocycles. The molecule has 0 atom stereocenters. The number of nitrogens with one attached hydrogen (secondary N) is 2. The lowest BCUT2D eigenvalue weighted by atomic mass is 10.0. The Labute approximate surface area is 226 Å². The van der Waals surface area contributed by atoms with Crippen molar-refractivity contribution < 1.29 is 9.18 Å². The zero-order chi connectivity index (χ0) is 26.6. The van der Waals surface area contributed by atoms with Crippen LogP contribution in [0.15, 0.2) is 79.3 Å². The van der Waals surface area contributed by atoms with Gasteiger partial charge in [0.25, 0.3) is 5.91 Å². The van der Waals surface area contributed by atoms with Crippen LogP contribution in [-0.4, -0.2) is 44.1 Å². The van der Waals surface area contributed by atoms with Crippen LogP contribution in [0.2, 0.25) is 0 Å². The first-order valence-electron chi connectivity index (χ1n) is 13.3. The smallest absolute Gasteiger partial charge is 0.276 e. The van der Waals surface area contributed by atoms with Crippen LogP contribution >= 0.6 is 0 Å². The fraction of sp³-hybridized carbons (Fsp3) is 0.226. The molecule has 1 saturated heterocycles. The summed E-state index contributed by atoms with van der Waals surface area (Å²) in [5.41, 5.74) is 5.62. The fourth-order valence-corrected chi connectivity index (χ4v) is 5.14. The number of amides is 1. The minimum Gasteiger partial charge on any atom is -0.319 e. The molecule has 0 bridgehead atoms. The summed E-state index contributed by atoms with van der Waals surface area (Å²) in [5, 5.41) is 10.8. The number of aromatic nitrogens is 4. The van der Waals surface area contributed by atoms with Crippen LogP contribution < -0.4 is 5.32 Å². The predicted molar refractivity (Wildman–Crippen MR) is 151 cm³/mol. The molecule has 6 rings (SSSR count). The summed E-state index contributed by atoms with van der Waals surface area (Å²) in [6.45, 7) is 3.16. The van der Waals surface area contributed by atoms with Gasteiger partial charge in [-0.15, -0.1) is 0 Å². The quantitative estimate of drug-likeness (QED) is 0.269. The van der Waals surface area contributed by atoms with Crippen LogP contribution in [0.5, 0.6) is 0 Å². The number of hydrogen-bond donors (Lipinski definition) is 2. The summed E-state index contributed by atoms with van der Waals surface area (Å²) in [6.07, 6.45) is 10.4. The summed E-state index contributed by atoms with van der Waals surface area (Å²) in [4.78, 5) is 24.5. The Balaban J connectivity index is 1.21. The molecular weight excluding hydrogens is 491 g/mol. The van der Waals surface area contributed by atoms with Crippen LogP contribution in [0.1, 0.15) is 41.7 Å². The van der Waals surface area contributed by atoms with Gasteiger partial charge in [-0.1, -0.05) is 31.0 Å². The molecule has 1 aliphatic rings. The molecule has 2 aromatic carbocycles. The second-order valence-corrected chi connectivity index (χ2v) is 9.97. The number of pyridine rings is 2. The first kappa shape index (κ1) is 24.9. The molecule has 7 nitrogen and oxygen atoms in total. The SMILES string of the molecule is O=C(Nc1ccc(-c2ccccc2F)nc1)c1n[nH]c2ccc(-c3cncc(CN4CCCCCC4)c3)cc12. The Hall–Kier alpha value is -4.43. The van der Waals surface area contributed by atoms with Crippen LogP contribution in [0.4, 0.5) is 10.1 Å². The van der Waals surface area contributed by atoms with Crippen molar-refractivity contribution in [3.8, 4) is 22.4 Å². The van der Waals surface area contributed by atoms with Crippen LogP contribution in [0.25, 0.3) is 33.3 Å². The van der Waals surface area contributed by atoms with Gasteiger partial charge in [0.15, 0.2) is 5.69 Å². The Morgan fingerprint density at radius 2 is 1.77 bits per heavy atom. The molecule has 39 heavy (non-hydrogen) atoms. The number of halogens is 1. The highest BCUT2D eigenvalue weighted by Gasteiger charge is 2.17. The maximum atomic E-state index is 14.1. The number of benzene rings is 2. The minimum absolute atomic E-state index is 0.290. The van der Waals surface area contributed by atoms with E-state index in [0.717, 1.165) is 41.7 Å². The summed E-state index contributed by atoms with van der Waals surface area (Å²) in [5.74, 6) is -0.699. The zero-order valence-corrected chi connectivity index (χ0v) is 21.5. The largest absolute Gasteiger partial charge is 0.319 e. The van der Waals surface area contributed by atoms with E-state index in [2.05, 4.69) is 36.4 Å². The lowest BCUT2D eigenvalue weighted by molar-refractivity contribution is 0.102. The second-order valence-electron chi connectivity index (χ2n) is 9.97. The van der Waals surface area contributed by atoms with Crippen molar-refractivity contribution in [1.29, 1.82) is 0 Å². The number of carbonyl (C=O) groups excluding carboxylic acids is 1. The molecule has 0 aliphatic carbocycles. The Kier molecular flexibility index (Phi) is 7.10. The van der Waals surface area contributed by atoms with Gasteiger partial charge in [0, 0.05) is 35.5 Å². The average Bonchev–Trinajstić information content (AvgIpc) is 3.22. The van der Waals surface area contributed by atoms with Gasteiger partial charge in [0.05, 0.1) is 23.1 Å². The summed E-state index contributed by atoms with van der Waals surface area (Å²) in [7, 11) is 0. The molecular formula is C31H29FN6O.